The fraction of sp³-hybridized carbons (Fsp3) is 0.125. The van der Waals surface area contributed by atoms with Crippen molar-refractivity contribution in [3.8, 4) is 0 Å². The van der Waals surface area contributed by atoms with Gasteiger partial charge in [0.15, 0.2) is 0 Å². The van der Waals surface area contributed by atoms with E-state index >= 15 is 0 Å². The van der Waals surface area contributed by atoms with E-state index in [1.807, 2.05) is 0 Å². The summed E-state index contributed by atoms with van der Waals surface area (Å²) >= 11 is 0.498. The Hall–Kier alpha value is -2.28. The topological polar surface area (TPSA) is 46.2 Å². The number of halogens is 3. The van der Waals surface area contributed by atoms with Crippen molar-refractivity contribution < 1.29 is 22.8 Å². The Labute approximate surface area is 136 Å². The number of rotatable bonds is 5. The largest absolute Gasteiger partial charge is 0.392 e. The monoisotopic (exact) mass is 341 g/mol. The SMILES string of the molecule is C=C/C=C(\C=C\CC(F)(F)F)C(=O)SNC(=O)c1ccccc1. The molecule has 0 heterocycles. The lowest BCUT2D eigenvalue weighted by molar-refractivity contribution is -0.125. The summed E-state index contributed by atoms with van der Waals surface area (Å²) in [7, 11) is 0. The van der Waals surface area contributed by atoms with Crippen molar-refractivity contribution in [2.75, 3.05) is 0 Å². The van der Waals surface area contributed by atoms with Crippen LogP contribution in [-0.2, 0) is 4.79 Å². The second-order valence-electron chi connectivity index (χ2n) is 4.27. The third-order valence-electron chi connectivity index (χ3n) is 2.45. The minimum Gasteiger partial charge on any atom is -0.289 e. The smallest absolute Gasteiger partial charge is 0.289 e. The summed E-state index contributed by atoms with van der Waals surface area (Å²) in [6, 6.07) is 8.23. The van der Waals surface area contributed by atoms with E-state index in [0.29, 0.717) is 17.5 Å². The van der Waals surface area contributed by atoms with Crippen LogP contribution in [0.25, 0.3) is 0 Å². The number of carbonyl (C=O) groups excluding carboxylic acids is 2. The predicted octanol–water partition coefficient (Wildman–Crippen LogP) is 4.21. The molecule has 122 valence electrons. The Kier molecular flexibility index (Phi) is 7.34. The summed E-state index contributed by atoms with van der Waals surface area (Å²) in [5, 5.41) is -0.590. The third kappa shape index (κ3) is 7.51. The molecule has 0 aliphatic heterocycles. The summed E-state index contributed by atoms with van der Waals surface area (Å²) in [5.74, 6) is -0.471. The van der Waals surface area contributed by atoms with Gasteiger partial charge in [0.1, 0.15) is 0 Å². The number of amides is 1. The van der Waals surface area contributed by atoms with E-state index in [9.17, 15) is 22.8 Å². The van der Waals surface area contributed by atoms with Gasteiger partial charge in [0.05, 0.1) is 6.42 Å². The molecule has 0 radical (unpaired) electrons. The molecule has 1 amide bonds. The highest BCUT2D eigenvalue weighted by Gasteiger charge is 2.24. The third-order valence-corrected chi connectivity index (χ3v) is 3.16. The molecule has 23 heavy (non-hydrogen) atoms. The molecule has 0 unspecified atom stereocenters. The highest BCUT2D eigenvalue weighted by Crippen LogP contribution is 2.20. The zero-order valence-corrected chi connectivity index (χ0v) is 12.8. The van der Waals surface area contributed by atoms with Crippen molar-refractivity contribution in [1.29, 1.82) is 0 Å². The molecule has 1 aromatic rings. The van der Waals surface area contributed by atoms with Crippen LogP contribution in [0.3, 0.4) is 0 Å². The van der Waals surface area contributed by atoms with Crippen LogP contribution in [0.15, 0.2) is 66.8 Å². The fourth-order valence-corrected chi connectivity index (χ4v) is 2.00. The van der Waals surface area contributed by atoms with Crippen LogP contribution in [0.1, 0.15) is 16.8 Å². The number of carbonyl (C=O) groups is 2. The van der Waals surface area contributed by atoms with Gasteiger partial charge in [-0.1, -0.05) is 49.1 Å². The first-order valence-corrected chi connectivity index (χ1v) is 7.27. The van der Waals surface area contributed by atoms with Crippen molar-refractivity contribution >= 4 is 23.0 Å². The van der Waals surface area contributed by atoms with E-state index in [4.69, 9.17) is 0 Å². The molecule has 0 aliphatic rings. The zero-order chi connectivity index (χ0) is 17.3. The van der Waals surface area contributed by atoms with Gasteiger partial charge in [0.2, 0.25) is 5.12 Å². The van der Waals surface area contributed by atoms with Crippen LogP contribution in [0.5, 0.6) is 0 Å². The van der Waals surface area contributed by atoms with Crippen LogP contribution in [0.2, 0.25) is 0 Å². The van der Waals surface area contributed by atoms with Crippen LogP contribution < -0.4 is 4.72 Å². The Morgan fingerprint density at radius 3 is 2.43 bits per heavy atom. The molecule has 1 aromatic carbocycles. The molecular weight excluding hydrogens is 327 g/mol. The van der Waals surface area contributed by atoms with Gasteiger partial charge in [-0.2, -0.15) is 13.2 Å². The number of alkyl halides is 3. The molecule has 0 aromatic heterocycles. The number of allylic oxidation sites excluding steroid dienone is 4. The van der Waals surface area contributed by atoms with E-state index in [2.05, 4.69) is 11.3 Å². The standard InChI is InChI=1S/C16H14F3NO2S/c1-2-7-13(10-6-11-16(17,18)19)15(22)23-20-14(21)12-8-4-3-5-9-12/h2-10H,1,11H2,(H,20,21)/b10-6+,13-7+. The van der Waals surface area contributed by atoms with Crippen LogP contribution in [0, 0.1) is 0 Å². The predicted molar refractivity (Wildman–Crippen MR) is 84.6 cm³/mol. The highest BCUT2D eigenvalue weighted by atomic mass is 32.2. The van der Waals surface area contributed by atoms with E-state index in [-0.39, 0.29) is 5.57 Å². The first kappa shape index (κ1) is 18.8. The van der Waals surface area contributed by atoms with Gasteiger partial charge >= 0.3 is 6.18 Å². The molecule has 0 bridgehead atoms. The maximum atomic E-state index is 12.1. The molecule has 0 saturated carbocycles. The first-order chi connectivity index (χ1) is 10.8. The molecule has 7 heteroatoms. The van der Waals surface area contributed by atoms with E-state index in [1.165, 1.54) is 12.2 Å². The fourth-order valence-electron chi connectivity index (χ4n) is 1.44. The molecule has 1 rings (SSSR count). The lowest BCUT2D eigenvalue weighted by Gasteiger charge is -2.04. The summed E-state index contributed by atoms with van der Waals surface area (Å²) in [6.07, 6.45) is -1.03. The summed E-state index contributed by atoms with van der Waals surface area (Å²) in [5.41, 5.74) is 0.372. The molecule has 0 atom stereocenters. The van der Waals surface area contributed by atoms with Crippen molar-refractivity contribution in [3.63, 3.8) is 0 Å². The zero-order valence-electron chi connectivity index (χ0n) is 12.0. The van der Waals surface area contributed by atoms with Crippen LogP contribution >= 0.6 is 11.9 Å². The molecular formula is C16H14F3NO2S. The normalized spacial score (nSPS) is 12.2. The first-order valence-electron chi connectivity index (χ1n) is 6.46. The summed E-state index contributed by atoms with van der Waals surface area (Å²) < 4.78 is 38.6. The molecule has 0 fully saturated rings. The second-order valence-corrected chi connectivity index (χ2v) is 5.05. The Morgan fingerprint density at radius 2 is 1.87 bits per heavy atom. The Bertz CT molecular complexity index is 622. The van der Waals surface area contributed by atoms with Crippen LogP contribution in [0.4, 0.5) is 13.2 Å². The van der Waals surface area contributed by atoms with Crippen molar-refractivity contribution in [2.45, 2.75) is 12.6 Å². The van der Waals surface area contributed by atoms with Crippen molar-refractivity contribution in [1.82, 2.24) is 4.72 Å². The van der Waals surface area contributed by atoms with Gasteiger partial charge < -0.3 is 0 Å². The lowest BCUT2D eigenvalue weighted by atomic mass is 10.2. The van der Waals surface area contributed by atoms with Gasteiger partial charge in [-0.05, 0) is 12.1 Å². The second kappa shape index (κ2) is 8.99. The van der Waals surface area contributed by atoms with E-state index in [0.717, 1.165) is 12.2 Å². The molecule has 0 spiro atoms. The highest BCUT2D eigenvalue weighted by molar-refractivity contribution is 8.12. The van der Waals surface area contributed by atoms with Gasteiger partial charge in [-0.25, -0.2) is 0 Å². The average Bonchev–Trinajstić information content (AvgIpc) is 2.51. The number of benzene rings is 1. The average molecular weight is 341 g/mol. The molecule has 0 saturated heterocycles. The summed E-state index contributed by atoms with van der Waals surface area (Å²) in [6.45, 7) is 3.40. The number of nitrogens with one attached hydrogen (secondary N) is 1. The molecule has 0 aliphatic carbocycles. The minimum atomic E-state index is -4.34. The van der Waals surface area contributed by atoms with Gasteiger partial charge in [0, 0.05) is 23.1 Å². The van der Waals surface area contributed by atoms with Crippen molar-refractivity contribution in [2.24, 2.45) is 0 Å². The Morgan fingerprint density at radius 1 is 1.22 bits per heavy atom. The minimum absolute atomic E-state index is 0.00242. The van der Waals surface area contributed by atoms with Gasteiger partial charge in [-0.15, -0.1) is 0 Å². The van der Waals surface area contributed by atoms with Gasteiger partial charge in [-0.3, -0.25) is 14.3 Å². The number of hydrogen-bond donors (Lipinski definition) is 1. The lowest BCUT2D eigenvalue weighted by Crippen LogP contribution is -2.18. The molecule has 3 nitrogen and oxygen atoms in total. The summed E-state index contributed by atoms with van der Waals surface area (Å²) in [4.78, 5) is 23.7. The van der Waals surface area contributed by atoms with E-state index < -0.39 is 23.6 Å². The van der Waals surface area contributed by atoms with Crippen molar-refractivity contribution in [3.05, 3.63) is 72.4 Å². The Balaban J connectivity index is 2.63. The van der Waals surface area contributed by atoms with E-state index in [1.54, 1.807) is 30.3 Å². The maximum absolute atomic E-state index is 12.1. The quantitative estimate of drug-likeness (QED) is 0.496. The maximum Gasteiger partial charge on any atom is 0.392 e. The molecule has 1 N–H and O–H groups in total. The van der Waals surface area contributed by atoms with Gasteiger partial charge in [0.25, 0.3) is 5.91 Å². The number of hydrogen-bond acceptors (Lipinski definition) is 3. The van der Waals surface area contributed by atoms with Crippen LogP contribution in [-0.4, -0.2) is 17.2 Å².